The minimum absolute atomic E-state index is 0.0183. The van der Waals surface area contributed by atoms with Crippen molar-refractivity contribution >= 4 is 0 Å². The summed E-state index contributed by atoms with van der Waals surface area (Å²) < 4.78 is 39.0. The van der Waals surface area contributed by atoms with Gasteiger partial charge in [-0.05, 0) is 30.7 Å². The van der Waals surface area contributed by atoms with Crippen LogP contribution in [0.3, 0.4) is 0 Å². The maximum atomic E-state index is 13.0. The second kappa shape index (κ2) is 4.73. The van der Waals surface area contributed by atoms with Gasteiger partial charge in [-0.25, -0.2) is 0 Å². The summed E-state index contributed by atoms with van der Waals surface area (Å²) in [5.74, 6) is 0. The first-order valence-electron chi connectivity index (χ1n) is 5.46. The predicted molar refractivity (Wildman–Crippen MR) is 64.1 cm³/mol. The first kappa shape index (κ1) is 13.1. The summed E-state index contributed by atoms with van der Waals surface area (Å²) in [6, 6.07) is 8.95. The molecule has 0 unspecified atom stereocenters. The topological polar surface area (TPSA) is 36.7 Å². The molecule has 0 spiro atoms. The minimum atomic E-state index is -4.45. The van der Waals surface area contributed by atoms with E-state index in [0.717, 1.165) is 6.07 Å². The van der Waals surface area contributed by atoms with E-state index in [-0.39, 0.29) is 5.56 Å². The third-order valence-corrected chi connectivity index (χ3v) is 2.65. The van der Waals surface area contributed by atoms with Crippen molar-refractivity contribution in [1.82, 2.24) is 4.98 Å². The molecule has 0 aliphatic carbocycles. The number of nitriles is 1. The van der Waals surface area contributed by atoms with Gasteiger partial charge in [0, 0.05) is 17.5 Å². The molecule has 19 heavy (non-hydrogen) atoms. The van der Waals surface area contributed by atoms with Crippen molar-refractivity contribution in [2.75, 3.05) is 0 Å². The molecule has 0 aliphatic rings. The normalized spacial score (nSPS) is 11.1. The van der Waals surface area contributed by atoms with E-state index in [1.165, 1.54) is 25.3 Å². The van der Waals surface area contributed by atoms with Gasteiger partial charge in [0.15, 0.2) is 0 Å². The highest BCUT2D eigenvalue weighted by molar-refractivity contribution is 5.68. The van der Waals surface area contributed by atoms with Gasteiger partial charge in [-0.3, -0.25) is 4.98 Å². The van der Waals surface area contributed by atoms with E-state index >= 15 is 0 Å². The number of nitrogens with zero attached hydrogens (tertiary/aromatic N) is 2. The Kier molecular flexibility index (Phi) is 3.26. The van der Waals surface area contributed by atoms with E-state index in [0.29, 0.717) is 16.8 Å². The third kappa shape index (κ3) is 2.74. The summed E-state index contributed by atoms with van der Waals surface area (Å²) >= 11 is 0. The van der Waals surface area contributed by atoms with Gasteiger partial charge in [0.1, 0.15) is 0 Å². The van der Waals surface area contributed by atoms with Gasteiger partial charge in [-0.15, -0.1) is 0 Å². The number of benzene rings is 1. The second-order valence-corrected chi connectivity index (χ2v) is 4.06. The van der Waals surface area contributed by atoms with Crippen molar-refractivity contribution in [1.29, 1.82) is 5.26 Å². The monoisotopic (exact) mass is 262 g/mol. The maximum Gasteiger partial charge on any atom is 0.417 e. The molecule has 1 aromatic carbocycles. The Morgan fingerprint density at radius 3 is 2.58 bits per heavy atom. The standard InChI is InChI=1S/C14H9F3N2/c1-9-5-13(14(15,16)17)12(8-19-9)11-4-2-3-10(6-11)7-18/h2-6,8H,1H3. The van der Waals surface area contributed by atoms with Gasteiger partial charge >= 0.3 is 6.18 Å². The van der Waals surface area contributed by atoms with Crippen LogP contribution in [0.15, 0.2) is 36.5 Å². The average Bonchev–Trinajstić information content (AvgIpc) is 2.37. The van der Waals surface area contributed by atoms with E-state index < -0.39 is 11.7 Å². The number of rotatable bonds is 1. The van der Waals surface area contributed by atoms with Crippen LogP contribution in [-0.4, -0.2) is 4.98 Å². The molecular formula is C14H9F3N2. The highest BCUT2D eigenvalue weighted by atomic mass is 19.4. The van der Waals surface area contributed by atoms with Gasteiger partial charge in [-0.1, -0.05) is 12.1 Å². The Balaban J connectivity index is 2.65. The fourth-order valence-corrected chi connectivity index (χ4v) is 1.78. The molecule has 2 nitrogen and oxygen atoms in total. The van der Waals surface area contributed by atoms with Gasteiger partial charge in [-0.2, -0.15) is 18.4 Å². The first-order chi connectivity index (χ1) is 8.91. The van der Waals surface area contributed by atoms with E-state index in [1.807, 2.05) is 6.07 Å². The lowest BCUT2D eigenvalue weighted by Crippen LogP contribution is -2.08. The smallest absolute Gasteiger partial charge is 0.261 e. The molecule has 1 heterocycles. The molecule has 0 aliphatic heterocycles. The van der Waals surface area contributed by atoms with Crippen molar-refractivity contribution in [2.24, 2.45) is 0 Å². The summed E-state index contributed by atoms with van der Waals surface area (Å²) in [5.41, 5.74) is 0.183. The van der Waals surface area contributed by atoms with Crippen molar-refractivity contribution < 1.29 is 13.2 Å². The Morgan fingerprint density at radius 2 is 1.95 bits per heavy atom. The molecular weight excluding hydrogens is 253 g/mol. The Morgan fingerprint density at radius 1 is 1.21 bits per heavy atom. The molecule has 2 aromatic rings. The molecule has 0 saturated carbocycles. The summed E-state index contributed by atoms with van der Waals surface area (Å²) in [4.78, 5) is 3.90. The van der Waals surface area contributed by atoms with Gasteiger partial charge < -0.3 is 0 Å². The average molecular weight is 262 g/mol. The maximum absolute atomic E-state index is 13.0. The van der Waals surface area contributed by atoms with E-state index in [2.05, 4.69) is 4.98 Å². The van der Waals surface area contributed by atoms with Gasteiger partial charge in [0.25, 0.3) is 0 Å². The lowest BCUT2D eigenvalue weighted by Gasteiger charge is -2.13. The van der Waals surface area contributed by atoms with Crippen molar-refractivity contribution in [3.8, 4) is 17.2 Å². The molecule has 0 bridgehead atoms. The number of halogens is 3. The quantitative estimate of drug-likeness (QED) is 0.780. The van der Waals surface area contributed by atoms with E-state index in [9.17, 15) is 13.2 Å². The van der Waals surface area contributed by atoms with E-state index in [4.69, 9.17) is 5.26 Å². The Hall–Kier alpha value is -2.35. The zero-order valence-corrected chi connectivity index (χ0v) is 9.99. The molecule has 0 atom stereocenters. The highest BCUT2D eigenvalue weighted by Gasteiger charge is 2.34. The molecule has 0 fully saturated rings. The number of hydrogen-bond acceptors (Lipinski definition) is 2. The number of aromatic nitrogens is 1. The van der Waals surface area contributed by atoms with Crippen LogP contribution in [0.1, 0.15) is 16.8 Å². The molecule has 2 rings (SSSR count). The SMILES string of the molecule is Cc1cc(C(F)(F)F)c(-c2cccc(C#N)c2)cn1. The molecule has 5 heteroatoms. The number of hydrogen-bond donors (Lipinski definition) is 0. The van der Waals surface area contributed by atoms with Crippen LogP contribution >= 0.6 is 0 Å². The fraction of sp³-hybridized carbons (Fsp3) is 0.143. The fourth-order valence-electron chi connectivity index (χ4n) is 1.78. The summed E-state index contributed by atoms with van der Waals surface area (Å²) in [6.45, 7) is 1.50. The number of aryl methyl sites for hydroxylation is 1. The summed E-state index contributed by atoms with van der Waals surface area (Å²) in [5, 5.41) is 8.79. The molecule has 0 radical (unpaired) electrons. The third-order valence-electron chi connectivity index (χ3n) is 2.65. The predicted octanol–water partition coefficient (Wildman–Crippen LogP) is 3.95. The summed E-state index contributed by atoms with van der Waals surface area (Å²) in [6.07, 6.45) is -3.26. The van der Waals surface area contributed by atoms with Gasteiger partial charge in [0.2, 0.25) is 0 Å². The molecule has 1 aromatic heterocycles. The molecule has 0 amide bonds. The largest absolute Gasteiger partial charge is 0.417 e. The second-order valence-electron chi connectivity index (χ2n) is 4.06. The zero-order chi connectivity index (χ0) is 14.0. The van der Waals surface area contributed by atoms with Crippen LogP contribution < -0.4 is 0 Å². The molecule has 96 valence electrons. The van der Waals surface area contributed by atoms with Crippen LogP contribution in [-0.2, 0) is 6.18 Å². The number of alkyl halides is 3. The van der Waals surface area contributed by atoms with Crippen LogP contribution in [0.2, 0.25) is 0 Å². The summed E-state index contributed by atoms with van der Waals surface area (Å²) in [7, 11) is 0. The van der Waals surface area contributed by atoms with Crippen molar-refractivity contribution in [3.63, 3.8) is 0 Å². The van der Waals surface area contributed by atoms with Crippen LogP contribution in [0, 0.1) is 18.3 Å². The minimum Gasteiger partial charge on any atom is -0.261 e. The highest BCUT2D eigenvalue weighted by Crippen LogP contribution is 2.37. The first-order valence-corrected chi connectivity index (χ1v) is 5.46. The van der Waals surface area contributed by atoms with Crippen molar-refractivity contribution in [2.45, 2.75) is 13.1 Å². The Bertz CT molecular complexity index is 654. The van der Waals surface area contributed by atoms with Crippen LogP contribution in [0.5, 0.6) is 0 Å². The van der Waals surface area contributed by atoms with Crippen molar-refractivity contribution in [3.05, 3.63) is 53.3 Å². The van der Waals surface area contributed by atoms with E-state index in [1.54, 1.807) is 12.1 Å². The van der Waals surface area contributed by atoms with Gasteiger partial charge in [0.05, 0.1) is 17.2 Å². The molecule has 0 saturated heterocycles. The Labute approximate surface area is 108 Å². The molecule has 0 N–H and O–H groups in total. The number of pyridine rings is 1. The lowest BCUT2D eigenvalue weighted by molar-refractivity contribution is -0.137. The lowest BCUT2D eigenvalue weighted by atomic mass is 9.99. The van der Waals surface area contributed by atoms with Crippen LogP contribution in [0.4, 0.5) is 13.2 Å². The van der Waals surface area contributed by atoms with Crippen LogP contribution in [0.25, 0.3) is 11.1 Å². The zero-order valence-electron chi connectivity index (χ0n) is 9.99.